The maximum absolute atomic E-state index is 12.8. The molecule has 0 aromatic heterocycles. The van der Waals surface area contributed by atoms with E-state index in [0.29, 0.717) is 17.2 Å². The number of hydrogen-bond acceptors (Lipinski definition) is 3. The van der Waals surface area contributed by atoms with E-state index in [2.05, 4.69) is 25.7 Å². The minimum Gasteiger partial charge on any atom is -0.388 e. The van der Waals surface area contributed by atoms with Gasteiger partial charge in [-0.05, 0) is 56.0 Å². The van der Waals surface area contributed by atoms with Crippen LogP contribution in [0, 0.1) is 17.8 Å². The number of halogens is 1. The van der Waals surface area contributed by atoms with Gasteiger partial charge in [-0.1, -0.05) is 70.2 Å². The largest absolute Gasteiger partial charge is 0.388 e. The van der Waals surface area contributed by atoms with Crippen LogP contribution in [0.25, 0.3) is 0 Å². The lowest BCUT2D eigenvalue weighted by Gasteiger charge is -2.35. The Labute approximate surface area is 182 Å². The third-order valence-corrected chi connectivity index (χ3v) is 7.04. The zero-order chi connectivity index (χ0) is 21.2. The number of nitrogens with zero attached hydrogens (tertiary/aromatic N) is 1. The standard InChI is InChI=1S/C25H40ClNO2/c1-4-5-6-7-8-11-24(28)20(3)19(2)23(18-27-16-9-10-17-27)25(29)21-12-14-22(26)15-13-21/h12-15,19-20,23,25,29H,4-11,16-18H2,1-3H3. The smallest absolute Gasteiger partial charge is 0.135 e. The first-order chi connectivity index (χ1) is 13.9. The van der Waals surface area contributed by atoms with E-state index in [1.165, 1.54) is 32.1 Å². The number of aliphatic hydroxyl groups excluding tert-OH is 1. The van der Waals surface area contributed by atoms with E-state index in [1.54, 1.807) is 0 Å². The lowest BCUT2D eigenvalue weighted by atomic mass is 9.76. The fraction of sp³-hybridized carbons (Fsp3) is 0.720. The van der Waals surface area contributed by atoms with Crippen molar-refractivity contribution in [1.29, 1.82) is 0 Å². The van der Waals surface area contributed by atoms with E-state index in [1.807, 2.05) is 24.3 Å². The number of carbonyl (C=O) groups excluding carboxylic acids is 1. The van der Waals surface area contributed by atoms with Gasteiger partial charge in [0.1, 0.15) is 5.78 Å². The van der Waals surface area contributed by atoms with Gasteiger partial charge in [0, 0.05) is 29.8 Å². The molecule has 4 atom stereocenters. The Kier molecular flexibility index (Phi) is 10.7. The summed E-state index contributed by atoms with van der Waals surface area (Å²) in [4.78, 5) is 15.3. The maximum Gasteiger partial charge on any atom is 0.135 e. The Balaban J connectivity index is 2.03. The van der Waals surface area contributed by atoms with Crippen molar-refractivity contribution in [2.24, 2.45) is 17.8 Å². The van der Waals surface area contributed by atoms with Crippen molar-refractivity contribution in [3.05, 3.63) is 34.9 Å². The van der Waals surface area contributed by atoms with Crippen LogP contribution in [0.1, 0.15) is 83.8 Å². The highest BCUT2D eigenvalue weighted by Crippen LogP contribution is 2.35. The third-order valence-electron chi connectivity index (χ3n) is 6.78. The van der Waals surface area contributed by atoms with Crippen LogP contribution in [0.2, 0.25) is 5.02 Å². The van der Waals surface area contributed by atoms with Gasteiger partial charge in [0.2, 0.25) is 0 Å². The van der Waals surface area contributed by atoms with E-state index < -0.39 is 6.10 Å². The van der Waals surface area contributed by atoms with Crippen LogP contribution in [-0.2, 0) is 4.79 Å². The molecule has 0 saturated carbocycles. The second-order valence-corrected chi connectivity index (χ2v) is 9.38. The molecule has 1 aromatic rings. The summed E-state index contributed by atoms with van der Waals surface area (Å²) in [6.07, 6.45) is 8.38. The molecule has 0 radical (unpaired) electrons. The number of benzene rings is 1. The van der Waals surface area contributed by atoms with Crippen LogP contribution in [-0.4, -0.2) is 35.4 Å². The highest BCUT2D eigenvalue weighted by Gasteiger charge is 2.34. The molecule has 3 nitrogen and oxygen atoms in total. The molecule has 0 amide bonds. The van der Waals surface area contributed by atoms with Gasteiger partial charge >= 0.3 is 0 Å². The van der Waals surface area contributed by atoms with Gasteiger partial charge in [-0.15, -0.1) is 0 Å². The summed E-state index contributed by atoms with van der Waals surface area (Å²) < 4.78 is 0. The number of carbonyl (C=O) groups is 1. The van der Waals surface area contributed by atoms with Gasteiger partial charge in [0.05, 0.1) is 6.10 Å². The molecule has 0 spiro atoms. The average Bonchev–Trinajstić information content (AvgIpc) is 3.24. The number of likely N-dealkylation sites (tertiary alicyclic amines) is 1. The summed E-state index contributed by atoms with van der Waals surface area (Å²) in [5.41, 5.74) is 0.893. The molecule has 0 bridgehead atoms. The summed E-state index contributed by atoms with van der Waals surface area (Å²) in [6, 6.07) is 7.50. The van der Waals surface area contributed by atoms with Gasteiger partial charge in [0.15, 0.2) is 0 Å². The first kappa shape index (κ1) is 24.4. The second kappa shape index (κ2) is 12.7. The lowest BCUT2D eigenvalue weighted by molar-refractivity contribution is -0.125. The van der Waals surface area contributed by atoms with Gasteiger partial charge < -0.3 is 10.0 Å². The molecule has 2 rings (SSSR count). The molecule has 29 heavy (non-hydrogen) atoms. The van der Waals surface area contributed by atoms with Crippen molar-refractivity contribution in [2.45, 2.75) is 78.2 Å². The van der Waals surface area contributed by atoms with Crippen molar-refractivity contribution in [1.82, 2.24) is 4.90 Å². The van der Waals surface area contributed by atoms with Crippen molar-refractivity contribution >= 4 is 17.4 Å². The average molecular weight is 422 g/mol. The topological polar surface area (TPSA) is 40.5 Å². The lowest BCUT2D eigenvalue weighted by Crippen LogP contribution is -2.37. The maximum atomic E-state index is 12.8. The van der Waals surface area contributed by atoms with Gasteiger partial charge in [-0.2, -0.15) is 0 Å². The van der Waals surface area contributed by atoms with Crippen LogP contribution in [0.5, 0.6) is 0 Å². The Morgan fingerprint density at radius 1 is 1.07 bits per heavy atom. The van der Waals surface area contributed by atoms with Crippen molar-refractivity contribution < 1.29 is 9.90 Å². The van der Waals surface area contributed by atoms with E-state index in [4.69, 9.17) is 11.6 Å². The van der Waals surface area contributed by atoms with Gasteiger partial charge in [-0.25, -0.2) is 0 Å². The van der Waals surface area contributed by atoms with E-state index in [-0.39, 0.29) is 17.8 Å². The van der Waals surface area contributed by atoms with Crippen molar-refractivity contribution in [2.75, 3.05) is 19.6 Å². The first-order valence-corrected chi connectivity index (χ1v) is 12.0. The van der Waals surface area contributed by atoms with E-state index in [0.717, 1.165) is 38.0 Å². The second-order valence-electron chi connectivity index (χ2n) is 8.95. The summed E-state index contributed by atoms with van der Waals surface area (Å²) in [6.45, 7) is 9.46. The highest BCUT2D eigenvalue weighted by molar-refractivity contribution is 6.30. The van der Waals surface area contributed by atoms with Crippen LogP contribution < -0.4 is 0 Å². The zero-order valence-corrected chi connectivity index (χ0v) is 19.3. The molecular formula is C25H40ClNO2. The fourth-order valence-electron chi connectivity index (χ4n) is 4.52. The summed E-state index contributed by atoms with van der Waals surface area (Å²) in [7, 11) is 0. The fourth-order valence-corrected chi connectivity index (χ4v) is 4.64. The number of ketones is 1. The Morgan fingerprint density at radius 3 is 2.31 bits per heavy atom. The van der Waals surface area contributed by atoms with Gasteiger partial charge in [-0.3, -0.25) is 4.79 Å². The Hall–Kier alpha value is -0.900. The van der Waals surface area contributed by atoms with Crippen molar-refractivity contribution in [3.63, 3.8) is 0 Å². The number of aliphatic hydroxyl groups is 1. The third kappa shape index (κ3) is 7.70. The van der Waals surface area contributed by atoms with Crippen molar-refractivity contribution in [3.8, 4) is 0 Å². The SMILES string of the molecule is CCCCCCCC(=O)C(C)C(C)C(CN1CCCC1)C(O)c1ccc(Cl)cc1. The molecular weight excluding hydrogens is 382 g/mol. The number of hydrogen-bond donors (Lipinski definition) is 1. The Bertz CT molecular complexity index is 597. The molecule has 1 aromatic carbocycles. The van der Waals surface area contributed by atoms with Crippen LogP contribution in [0.4, 0.5) is 0 Å². The number of unbranched alkanes of at least 4 members (excludes halogenated alkanes) is 4. The van der Waals surface area contributed by atoms with Crippen LogP contribution in [0.15, 0.2) is 24.3 Å². The Morgan fingerprint density at radius 2 is 1.69 bits per heavy atom. The normalized spacial score (nSPS) is 19.1. The summed E-state index contributed by atoms with van der Waals surface area (Å²) in [5, 5.41) is 11.9. The molecule has 1 N–H and O–H groups in total. The predicted octanol–water partition coefficient (Wildman–Crippen LogP) is 6.29. The minimum absolute atomic E-state index is 0.0317. The molecule has 164 valence electrons. The van der Waals surface area contributed by atoms with Crippen LogP contribution >= 0.6 is 11.6 Å². The molecule has 1 aliphatic rings. The number of rotatable bonds is 13. The molecule has 0 aliphatic carbocycles. The molecule has 4 unspecified atom stereocenters. The minimum atomic E-state index is -0.581. The molecule has 1 aliphatic heterocycles. The van der Waals surface area contributed by atoms with Gasteiger partial charge in [0.25, 0.3) is 0 Å². The van der Waals surface area contributed by atoms with Crippen LogP contribution in [0.3, 0.4) is 0 Å². The molecule has 1 saturated heterocycles. The monoisotopic (exact) mass is 421 g/mol. The quantitative estimate of drug-likeness (QED) is 0.380. The predicted molar refractivity (Wildman–Crippen MR) is 122 cm³/mol. The van der Waals surface area contributed by atoms with E-state index in [9.17, 15) is 9.90 Å². The number of Topliss-reactive ketones (excluding diaryl/α,β-unsaturated/α-hetero) is 1. The summed E-state index contributed by atoms with van der Waals surface area (Å²) in [5.74, 6) is 0.484. The molecule has 1 heterocycles. The highest BCUT2D eigenvalue weighted by atomic mass is 35.5. The van der Waals surface area contributed by atoms with E-state index >= 15 is 0 Å². The molecule has 4 heteroatoms. The summed E-state index contributed by atoms with van der Waals surface area (Å²) >= 11 is 6.03. The zero-order valence-electron chi connectivity index (χ0n) is 18.6. The molecule has 1 fully saturated rings. The first-order valence-electron chi connectivity index (χ1n) is 11.6.